The van der Waals surface area contributed by atoms with Crippen LogP contribution in [0.3, 0.4) is 0 Å². The molecule has 0 unspecified atom stereocenters. The number of hydrogen-bond donors (Lipinski definition) is 2. The van der Waals surface area contributed by atoms with Crippen molar-refractivity contribution >= 4 is 18.3 Å². The molecule has 6 heteroatoms. The first-order chi connectivity index (χ1) is 8.41. The third kappa shape index (κ3) is 4.96. The van der Waals surface area contributed by atoms with Gasteiger partial charge in [0, 0.05) is 23.7 Å². The fraction of sp³-hybridized carbons (Fsp3) is 0.462. The van der Waals surface area contributed by atoms with Crippen molar-refractivity contribution in [3.63, 3.8) is 0 Å². The second-order valence-electron chi connectivity index (χ2n) is 4.64. The number of methoxy groups -OCH3 is 2. The Morgan fingerprint density at radius 2 is 1.68 bits per heavy atom. The minimum absolute atomic E-state index is 0. The standard InChI is InChI=1S/C13H20N2O3.ClH/c1-13(2,8-14)15-12(16)9-5-10(17-3)7-11(6-9)18-4;/h5-7H,8,14H2,1-4H3,(H,15,16);1H. The summed E-state index contributed by atoms with van der Waals surface area (Å²) < 4.78 is 10.2. The first-order valence-corrected chi connectivity index (χ1v) is 5.67. The van der Waals surface area contributed by atoms with Crippen LogP contribution in [0, 0.1) is 0 Å². The quantitative estimate of drug-likeness (QED) is 0.863. The van der Waals surface area contributed by atoms with Crippen molar-refractivity contribution in [2.45, 2.75) is 19.4 Å². The van der Waals surface area contributed by atoms with E-state index in [4.69, 9.17) is 15.2 Å². The van der Waals surface area contributed by atoms with Crippen LogP contribution in [0.2, 0.25) is 0 Å². The molecule has 1 amide bonds. The summed E-state index contributed by atoms with van der Waals surface area (Å²) in [6.45, 7) is 4.09. The molecule has 1 aromatic carbocycles. The molecule has 3 N–H and O–H groups in total. The zero-order chi connectivity index (χ0) is 13.8. The second-order valence-corrected chi connectivity index (χ2v) is 4.64. The van der Waals surface area contributed by atoms with Crippen molar-refractivity contribution < 1.29 is 14.3 Å². The maximum absolute atomic E-state index is 12.1. The van der Waals surface area contributed by atoms with Gasteiger partial charge in [-0.3, -0.25) is 4.79 Å². The summed E-state index contributed by atoms with van der Waals surface area (Å²) in [5.41, 5.74) is 5.61. The highest BCUT2D eigenvalue weighted by atomic mass is 35.5. The Balaban J connectivity index is 0.00000324. The van der Waals surface area contributed by atoms with Crippen molar-refractivity contribution in [2.24, 2.45) is 5.73 Å². The number of halogens is 1. The van der Waals surface area contributed by atoms with Gasteiger partial charge in [0.05, 0.1) is 14.2 Å². The van der Waals surface area contributed by atoms with E-state index in [1.165, 1.54) is 0 Å². The summed E-state index contributed by atoms with van der Waals surface area (Å²) in [7, 11) is 3.08. The average molecular weight is 289 g/mol. The van der Waals surface area contributed by atoms with E-state index in [1.54, 1.807) is 32.4 Å². The van der Waals surface area contributed by atoms with Crippen molar-refractivity contribution in [1.29, 1.82) is 0 Å². The molecule has 0 bridgehead atoms. The maximum atomic E-state index is 12.1. The summed E-state index contributed by atoms with van der Waals surface area (Å²) >= 11 is 0. The van der Waals surface area contributed by atoms with Gasteiger partial charge in [0.25, 0.3) is 5.91 Å². The second kappa shape index (κ2) is 7.21. The molecular formula is C13H21ClN2O3. The Labute approximate surface area is 119 Å². The van der Waals surface area contributed by atoms with E-state index in [-0.39, 0.29) is 18.3 Å². The van der Waals surface area contributed by atoms with Gasteiger partial charge in [-0.15, -0.1) is 12.4 Å². The van der Waals surface area contributed by atoms with Gasteiger partial charge in [0.1, 0.15) is 11.5 Å². The number of benzene rings is 1. The number of hydrogen-bond acceptors (Lipinski definition) is 4. The van der Waals surface area contributed by atoms with Crippen LogP contribution < -0.4 is 20.5 Å². The fourth-order valence-electron chi connectivity index (χ4n) is 1.37. The topological polar surface area (TPSA) is 73.6 Å². The lowest BCUT2D eigenvalue weighted by Gasteiger charge is -2.24. The van der Waals surface area contributed by atoms with Gasteiger partial charge < -0.3 is 20.5 Å². The highest BCUT2D eigenvalue weighted by Crippen LogP contribution is 2.22. The highest BCUT2D eigenvalue weighted by molar-refractivity contribution is 5.95. The molecule has 108 valence electrons. The van der Waals surface area contributed by atoms with Gasteiger partial charge >= 0.3 is 0 Å². The van der Waals surface area contributed by atoms with Crippen LogP contribution in [0.4, 0.5) is 0 Å². The van der Waals surface area contributed by atoms with Gasteiger partial charge in [0.2, 0.25) is 0 Å². The first-order valence-electron chi connectivity index (χ1n) is 5.67. The van der Waals surface area contributed by atoms with Crippen molar-refractivity contribution in [3.8, 4) is 11.5 Å². The number of amides is 1. The molecule has 0 spiro atoms. The number of nitrogens with one attached hydrogen (secondary N) is 1. The minimum atomic E-state index is -0.451. The lowest BCUT2D eigenvalue weighted by atomic mass is 10.0. The average Bonchev–Trinajstić information content (AvgIpc) is 2.37. The Bertz CT molecular complexity index is 414. The number of carbonyl (C=O) groups is 1. The molecule has 0 aliphatic heterocycles. The van der Waals surface area contributed by atoms with Gasteiger partial charge in [-0.1, -0.05) is 0 Å². The van der Waals surface area contributed by atoms with Crippen molar-refractivity contribution in [1.82, 2.24) is 5.32 Å². The van der Waals surface area contributed by atoms with Gasteiger partial charge in [-0.25, -0.2) is 0 Å². The third-order valence-corrected chi connectivity index (χ3v) is 2.58. The maximum Gasteiger partial charge on any atom is 0.252 e. The monoisotopic (exact) mass is 288 g/mol. The van der Waals surface area contributed by atoms with Crippen molar-refractivity contribution in [2.75, 3.05) is 20.8 Å². The largest absolute Gasteiger partial charge is 0.497 e. The summed E-state index contributed by atoms with van der Waals surface area (Å²) in [5.74, 6) is 0.942. The third-order valence-electron chi connectivity index (χ3n) is 2.58. The van der Waals surface area contributed by atoms with E-state index in [1.807, 2.05) is 13.8 Å². The Kier molecular flexibility index (Phi) is 6.65. The summed E-state index contributed by atoms with van der Waals surface area (Å²) in [6.07, 6.45) is 0. The zero-order valence-corrected chi connectivity index (χ0v) is 12.5. The lowest BCUT2D eigenvalue weighted by Crippen LogP contribution is -2.48. The lowest BCUT2D eigenvalue weighted by molar-refractivity contribution is 0.0915. The van der Waals surface area contributed by atoms with Crippen LogP contribution in [0.15, 0.2) is 18.2 Å². The predicted octanol–water partition coefficient (Wildman–Crippen LogP) is 1.59. The summed E-state index contributed by atoms with van der Waals surface area (Å²) in [4.78, 5) is 12.1. The van der Waals surface area contributed by atoms with E-state index < -0.39 is 5.54 Å². The van der Waals surface area contributed by atoms with Crippen LogP contribution in [-0.4, -0.2) is 32.2 Å². The molecular weight excluding hydrogens is 268 g/mol. The van der Waals surface area contributed by atoms with Gasteiger partial charge in [-0.05, 0) is 26.0 Å². The van der Waals surface area contributed by atoms with E-state index in [0.29, 0.717) is 23.6 Å². The number of nitrogens with two attached hydrogens (primary N) is 1. The van der Waals surface area contributed by atoms with Crippen LogP contribution >= 0.6 is 12.4 Å². The Morgan fingerprint density at radius 3 is 2.05 bits per heavy atom. The molecule has 0 aliphatic carbocycles. The fourth-order valence-corrected chi connectivity index (χ4v) is 1.37. The molecule has 0 saturated heterocycles. The van der Waals surface area contributed by atoms with E-state index in [2.05, 4.69) is 5.32 Å². The molecule has 0 saturated carbocycles. The van der Waals surface area contributed by atoms with Crippen molar-refractivity contribution in [3.05, 3.63) is 23.8 Å². The first kappa shape index (κ1) is 17.5. The normalized spacial score (nSPS) is 10.4. The molecule has 0 heterocycles. The molecule has 0 aliphatic rings. The SMILES string of the molecule is COc1cc(OC)cc(C(=O)NC(C)(C)CN)c1.Cl. The number of carbonyl (C=O) groups excluding carboxylic acids is 1. The molecule has 0 atom stereocenters. The van der Waals surface area contributed by atoms with Crippen LogP contribution in [0.25, 0.3) is 0 Å². The molecule has 1 aromatic rings. The molecule has 0 fully saturated rings. The molecule has 1 rings (SSSR count). The smallest absolute Gasteiger partial charge is 0.252 e. The van der Waals surface area contributed by atoms with Crippen LogP contribution in [-0.2, 0) is 0 Å². The van der Waals surface area contributed by atoms with E-state index in [9.17, 15) is 4.79 Å². The molecule has 0 aromatic heterocycles. The minimum Gasteiger partial charge on any atom is -0.497 e. The number of rotatable bonds is 5. The molecule has 19 heavy (non-hydrogen) atoms. The van der Waals surface area contributed by atoms with E-state index in [0.717, 1.165) is 0 Å². The number of ether oxygens (including phenoxy) is 2. The van der Waals surface area contributed by atoms with Crippen LogP contribution in [0.1, 0.15) is 24.2 Å². The van der Waals surface area contributed by atoms with E-state index >= 15 is 0 Å². The van der Waals surface area contributed by atoms with Gasteiger partial charge in [0.15, 0.2) is 0 Å². The van der Waals surface area contributed by atoms with Crippen LogP contribution in [0.5, 0.6) is 11.5 Å². The zero-order valence-electron chi connectivity index (χ0n) is 11.6. The Hall–Kier alpha value is -1.46. The molecule has 5 nitrogen and oxygen atoms in total. The summed E-state index contributed by atoms with van der Waals surface area (Å²) in [5, 5.41) is 2.85. The summed E-state index contributed by atoms with van der Waals surface area (Å²) in [6, 6.07) is 5.03. The Morgan fingerprint density at radius 1 is 1.21 bits per heavy atom. The van der Waals surface area contributed by atoms with Gasteiger partial charge in [-0.2, -0.15) is 0 Å². The molecule has 0 radical (unpaired) electrons. The predicted molar refractivity (Wildman–Crippen MR) is 77.4 cm³/mol. The highest BCUT2D eigenvalue weighted by Gasteiger charge is 2.20.